The van der Waals surface area contributed by atoms with Crippen molar-refractivity contribution < 1.29 is 0 Å². The summed E-state index contributed by atoms with van der Waals surface area (Å²) in [5.41, 5.74) is 7.67. The summed E-state index contributed by atoms with van der Waals surface area (Å²) in [5, 5.41) is 4.89. The van der Waals surface area contributed by atoms with Gasteiger partial charge in [0.2, 0.25) is 0 Å². The molecule has 0 atom stereocenters. The molecule has 0 unspecified atom stereocenters. The van der Waals surface area contributed by atoms with E-state index in [4.69, 9.17) is 10.1 Å². The first-order valence-corrected chi connectivity index (χ1v) is 10.9. The molecule has 0 bridgehead atoms. The van der Waals surface area contributed by atoms with Crippen molar-refractivity contribution in [2.45, 2.75) is 39.5 Å². The molecule has 0 N–H and O–H groups in total. The van der Waals surface area contributed by atoms with Crippen LogP contribution in [0.3, 0.4) is 0 Å². The summed E-state index contributed by atoms with van der Waals surface area (Å²) in [6.07, 6.45) is 1.90. The van der Waals surface area contributed by atoms with E-state index in [1.165, 1.54) is 11.1 Å². The Morgan fingerprint density at radius 2 is 1.32 bits per heavy atom. The van der Waals surface area contributed by atoms with Crippen molar-refractivity contribution in [3.8, 4) is 16.9 Å². The van der Waals surface area contributed by atoms with Gasteiger partial charge in [-0.05, 0) is 41.2 Å². The van der Waals surface area contributed by atoms with Crippen LogP contribution in [-0.4, -0.2) is 16.0 Å². The van der Waals surface area contributed by atoms with E-state index >= 15 is 0 Å². The summed E-state index contributed by atoms with van der Waals surface area (Å²) in [4.78, 5) is 4.96. The monoisotopic (exact) mass is 407 g/mol. The second kappa shape index (κ2) is 9.13. The molecule has 0 aliphatic rings. The van der Waals surface area contributed by atoms with Gasteiger partial charge in [0.25, 0.3) is 0 Å². The lowest BCUT2D eigenvalue weighted by molar-refractivity contribution is 0.835. The summed E-state index contributed by atoms with van der Waals surface area (Å²) >= 11 is 0. The third-order valence-corrected chi connectivity index (χ3v) is 5.47. The van der Waals surface area contributed by atoms with Crippen LogP contribution in [0.4, 0.5) is 5.69 Å². The molecule has 156 valence electrons. The maximum Gasteiger partial charge on any atom is 0.104 e. The Hall–Kier alpha value is -3.46. The standard InChI is InChI=1S/C28H29N3/c1-20(2)25-16-11-17-26(21(3)4)28(25)29-19-23-18-27(22-12-7-5-8-13-22)31(30-23)24-14-9-6-10-15-24/h5-21H,1-4H3/b29-19+. The van der Waals surface area contributed by atoms with Crippen LogP contribution in [-0.2, 0) is 0 Å². The number of nitrogens with zero attached hydrogens (tertiary/aromatic N) is 3. The van der Waals surface area contributed by atoms with E-state index in [9.17, 15) is 0 Å². The zero-order valence-electron chi connectivity index (χ0n) is 18.7. The Bertz CT molecular complexity index is 1090. The third kappa shape index (κ3) is 4.51. The molecular formula is C28H29N3. The van der Waals surface area contributed by atoms with Crippen LogP contribution >= 0.6 is 0 Å². The molecule has 1 aromatic heterocycles. The highest BCUT2D eigenvalue weighted by molar-refractivity contribution is 5.83. The molecule has 0 radical (unpaired) electrons. The minimum Gasteiger partial charge on any atom is -0.254 e. The zero-order valence-corrected chi connectivity index (χ0v) is 18.7. The lowest BCUT2D eigenvalue weighted by Gasteiger charge is -2.16. The fourth-order valence-electron chi connectivity index (χ4n) is 3.83. The highest BCUT2D eigenvalue weighted by Gasteiger charge is 2.14. The molecule has 3 heteroatoms. The first kappa shape index (κ1) is 20.8. The maximum absolute atomic E-state index is 4.96. The van der Waals surface area contributed by atoms with Gasteiger partial charge in [-0.1, -0.05) is 94.4 Å². The van der Waals surface area contributed by atoms with E-state index < -0.39 is 0 Å². The van der Waals surface area contributed by atoms with E-state index in [-0.39, 0.29) is 0 Å². The number of para-hydroxylation sites is 2. The van der Waals surface area contributed by atoms with Crippen molar-refractivity contribution in [3.63, 3.8) is 0 Å². The molecule has 4 aromatic rings. The molecule has 0 aliphatic carbocycles. The van der Waals surface area contributed by atoms with Gasteiger partial charge in [0.05, 0.1) is 23.3 Å². The highest BCUT2D eigenvalue weighted by atomic mass is 15.3. The molecule has 0 saturated heterocycles. The van der Waals surface area contributed by atoms with Crippen LogP contribution in [0.5, 0.6) is 0 Å². The summed E-state index contributed by atoms with van der Waals surface area (Å²) in [5.74, 6) is 0.820. The average Bonchev–Trinajstić information content (AvgIpc) is 3.23. The molecule has 3 nitrogen and oxygen atoms in total. The molecule has 0 amide bonds. The van der Waals surface area contributed by atoms with Crippen LogP contribution in [0.25, 0.3) is 16.9 Å². The first-order valence-electron chi connectivity index (χ1n) is 10.9. The molecule has 3 aromatic carbocycles. The van der Waals surface area contributed by atoms with Crippen molar-refractivity contribution >= 4 is 11.9 Å². The van der Waals surface area contributed by atoms with E-state index in [2.05, 4.69) is 88.4 Å². The first-order chi connectivity index (χ1) is 15.0. The highest BCUT2D eigenvalue weighted by Crippen LogP contribution is 2.34. The largest absolute Gasteiger partial charge is 0.254 e. The van der Waals surface area contributed by atoms with Gasteiger partial charge in [-0.3, -0.25) is 4.99 Å². The number of aromatic nitrogens is 2. The van der Waals surface area contributed by atoms with Gasteiger partial charge in [-0.2, -0.15) is 5.10 Å². The zero-order chi connectivity index (χ0) is 21.8. The quantitative estimate of drug-likeness (QED) is 0.304. The lowest BCUT2D eigenvalue weighted by Crippen LogP contribution is -1.99. The summed E-state index contributed by atoms with van der Waals surface area (Å²) in [6.45, 7) is 8.87. The number of aliphatic imine (C=N–C) groups is 1. The van der Waals surface area contributed by atoms with Crippen LogP contribution in [0.1, 0.15) is 56.4 Å². The molecule has 1 heterocycles. The molecule has 0 aliphatic heterocycles. The van der Waals surface area contributed by atoms with Crippen molar-refractivity contribution in [2.75, 3.05) is 0 Å². The van der Waals surface area contributed by atoms with Gasteiger partial charge in [-0.25, -0.2) is 4.68 Å². The molecule has 4 rings (SSSR count). The topological polar surface area (TPSA) is 30.2 Å². The van der Waals surface area contributed by atoms with Gasteiger partial charge in [0.15, 0.2) is 0 Å². The average molecular weight is 408 g/mol. The van der Waals surface area contributed by atoms with Crippen molar-refractivity contribution in [1.29, 1.82) is 0 Å². The Kier molecular flexibility index (Phi) is 6.13. The van der Waals surface area contributed by atoms with Crippen molar-refractivity contribution in [2.24, 2.45) is 4.99 Å². The van der Waals surface area contributed by atoms with Gasteiger partial charge in [0, 0.05) is 5.56 Å². The van der Waals surface area contributed by atoms with Gasteiger partial charge < -0.3 is 0 Å². The fourth-order valence-corrected chi connectivity index (χ4v) is 3.83. The molecule has 0 spiro atoms. The predicted octanol–water partition coefficient (Wildman–Crippen LogP) is 7.54. The summed E-state index contributed by atoms with van der Waals surface area (Å²) in [6, 6.07) is 29.2. The predicted molar refractivity (Wildman–Crippen MR) is 131 cm³/mol. The molecule has 0 saturated carbocycles. The van der Waals surface area contributed by atoms with E-state index in [0.717, 1.165) is 28.3 Å². The van der Waals surface area contributed by atoms with Crippen molar-refractivity contribution in [3.05, 3.63) is 102 Å². The van der Waals surface area contributed by atoms with Crippen LogP contribution in [0, 0.1) is 0 Å². The van der Waals surface area contributed by atoms with E-state index in [1.807, 2.05) is 35.2 Å². The van der Waals surface area contributed by atoms with E-state index in [0.29, 0.717) is 11.8 Å². The van der Waals surface area contributed by atoms with Gasteiger partial charge >= 0.3 is 0 Å². The smallest absolute Gasteiger partial charge is 0.104 e. The number of benzene rings is 3. The van der Waals surface area contributed by atoms with Gasteiger partial charge in [0.1, 0.15) is 5.69 Å². The fraction of sp³-hybridized carbons (Fsp3) is 0.214. The van der Waals surface area contributed by atoms with Crippen molar-refractivity contribution in [1.82, 2.24) is 9.78 Å². The van der Waals surface area contributed by atoms with Gasteiger partial charge in [-0.15, -0.1) is 0 Å². The Morgan fingerprint density at radius 1 is 0.742 bits per heavy atom. The van der Waals surface area contributed by atoms with E-state index in [1.54, 1.807) is 0 Å². The second-order valence-electron chi connectivity index (χ2n) is 8.42. The SMILES string of the molecule is CC(C)c1cccc(C(C)C)c1/N=C/c1cc(-c2ccccc2)n(-c2ccccc2)n1. The number of rotatable bonds is 6. The molecule has 0 fully saturated rings. The normalized spacial score (nSPS) is 11.7. The number of hydrogen-bond acceptors (Lipinski definition) is 2. The Labute approximate surface area is 185 Å². The summed E-state index contributed by atoms with van der Waals surface area (Å²) < 4.78 is 1.99. The van der Waals surface area contributed by atoms with Crippen LogP contribution < -0.4 is 0 Å². The second-order valence-corrected chi connectivity index (χ2v) is 8.42. The minimum absolute atomic E-state index is 0.410. The summed E-state index contributed by atoms with van der Waals surface area (Å²) in [7, 11) is 0. The number of hydrogen-bond donors (Lipinski definition) is 0. The molecule has 31 heavy (non-hydrogen) atoms. The van der Waals surface area contributed by atoms with Crippen LogP contribution in [0.2, 0.25) is 0 Å². The lowest BCUT2D eigenvalue weighted by atomic mass is 9.93. The Morgan fingerprint density at radius 3 is 1.90 bits per heavy atom. The Balaban J connectivity index is 1.81. The minimum atomic E-state index is 0.410. The maximum atomic E-state index is 4.96. The molecular weight excluding hydrogens is 378 g/mol. The third-order valence-electron chi connectivity index (χ3n) is 5.47. The van der Waals surface area contributed by atoms with Crippen LogP contribution in [0.15, 0.2) is 89.9 Å².